The van der Waals surface area contributed by atoms with Crippen LogP contribution in [0.1, 0.15) is 86.5 Å². The van der Waals surface area contributed by atoms with Gasteiger partial charge in [0, 0.05) is 23.7 Å². The first-order valence-corrected chi connectivity index (χ1v) is 13.2. The maximum absolute atomic E-state index is 12.0. The van der Waals surface area contributed by atoms with Crippen molar-refractivity contribution in [3.05, 3.63) is 11.6 Å². The molecule has 5 rings (SSSR count). The molecule has 3 unspecified atom stereocenters. The Hall–Kier alpha value is -0.910. The van der Waals surface area contributed by atoms with Crippen molar-refractivity contribution in [2.75, 3.05) is 6.61 Å². The number of carbonyl (C=O) groups is 1. The molecule has 0 aromatic carbocycles. The summed E-state index contributed by atoms with van der Waals surface area (Å²) in [4.78, 5) is 12.0. The monoisotopic (exact) mass is 460 g/mol. The SMILES string of the molecule is CC(=O)OC[C@]12CCCC(C)(C)C1CC[C@]1(C)C2C[C@@H](O)[C@@]2(C)C1CC=C1[C@H](C)O[C@@H](O)[C@@H]12. The zero-order valence-electron chi connectivity index (χ0n) is 21.4. The molecule has 0 spiro atoms. The first-order chi connectivity index (χ1) is 15.4. The van der Waals surface area contributed by atoms with Crippen LogP contribution in [-0.4, -0.2) is 41.3 Å². The fourth-order valence-electron chi connectivity index (χ4n) is 10.2. The van der Waals surface area contributed by atoms with E-state index in [2.05, 4.69) is 33.8 Å². The summed E-state index contributed by atoms with van der Waals surface area (Å²) in [7, 11) is 0. The van der Waals surface area contributed by atoms with Gasteiger partial charge in [-0.25, -0.2) is 0 Å². The van der Waals surface area contributed by atoms with E-state index < -0.39 is 17.8 Å². The molecule has 33 heavy (non-hydrogen) atoms. The highest BCUT2D eigenvalue weighted by molar-refractivity contribution is 5.66. The molecule has 3 saturated carbocycles. The van der Waals surface area contributed by atoms with E-state index in [1.807, 2.05) is 6.92 Å². The largest absolute Gasteiger partial charge is 0.465 e. The van der Waals surface area contributed by atoms with Gasteiger partial charge in [-0.15, -0.1) is 0 Å². The average molecular weight is 461 g/mol. The van der Waals surface area contributed by atoms with Crippen molar-refractivity contribution >= 4 is 5.97 Å². The first-order valence-electron chi connectivity index (χ1n) is 13.2. The maximum Gasteiger partial charge on any atom is 0.302 e. The summed E-state index contributed by atoms with van der Waals surface area (Å²) in [5, 5.41) is 22.8. The van der Waals surface area contributed by atoms with Crippen LogP contribution in [0.2, 0.25) is 0 Å². The van der Waals surface area contributed by atoms with Gasteiger partial charge in [0.1, 0.15) is 0 Å². The molecule has 5 aliphatic rings. The molecule has 0 aromatic heterocycles. The fraction of sp³-hybridized carbons (Fsp3) is 0.893. The molecule has 4 aliphatic carbocycles. The second-order valence-corrected chi connectivity index (χ2v) is 13.3. The second kappa shape index (κ2) is 7.54. The van der Waals surface area contributed by atoms with Crippen molar-refractivity contribution in [3.8, 4) is 0 Å². The summed E-state index contributed by atoms with van der Waals surface area (Å²) in [6.07, 6.45) is 8.17. The Morgan fingerprint density at radius 2 is 1.85 bits per heavy atom. The molecule has 0 bridgehead atoms. The number of hydrogen-bond donors (Lipinski definition) is 2. The van der Waals surface area contributed by atoms with Gasteiger partial charge in [0.2, 0.25) is 0 Å². The minimum atomic E-state index is -0.853. The summed E-state index contributed by atoms with van der Waals surface area (Å²) in [5.41, 5.74) is 0.885. The number of aliphatic hydroxyl groups is 2. The van der Waals surface area contributed by atoms with Crippen LogP contribution in [0.5, 0.6) is 0 Å². The minimum Gasteiger partial charge on any atom is -0.465 e. The van der Waals surface area contributed by atoms with Crippen LogP contribution in [0.25, 0.3) is 0 Å². The van der Waals surface area contributed by atoms with Gasteiger partial charge in [0.25, 0.3) is 0 Å². The number of ether oxygens (including phenoxy) is 2. The summed E-state index contributed by atoms with van der Waals surface area (Å²) in [5.74, 6) is 0.691. The van der Waals surface area contributed by atoms with Gasteiger partial charge in [-0.2, -0.15) is 0 Å². The quantitative estimate of drug-likeness (QED) is 0.455. The van der Waals surface area contributed by atoms with Crippen LogP contribution in [0.4, 0.5) is 0 Å². The summed E-state index contributed by atoms with van der Waals surface area (Å²) >= 11 is 0. The Kier molecular flexibility index (Phi) is 5.44. The number of allylic oxidation sites excluding steroid dienone is 1. The zero-order chi connectivity index (χ0) is 24.0. The van der Waals surface area contributed by atoms with E-state index in [9.17, 15) is 15.0 Å². The molecule has 0 radical (unpaired) electrons. The van der Waals surface area contributed by atoms with E-state index >= 15 is 0 Å². The molecule has 5 heteroatoms. The van der Waals surface area contributed by atoms with Crippen molar-refractivity contribution in [2.45, 2.75) is 105 Å². The van der Waals surface area contributed by atoms with E-state index in [4.69, 9.17) is 9.47 Å². The minimum absolute atomic E-state index is 0.0195. The predicted molar refractivity (Wildman–Crippen MR) is 126 cm³/mol. The van der Waals surface area contributed by atoms with Crippen LogP contribution in [0.15, 0.2) is 11.6 Å². The molecule has 1 aliphatic heterocycles. The smallest absolute Gasteiger partial charge is 0.302 e. The lowest BCUT2D eigenvalue weighted by molar-refractivity contribution is -0.259. The second-order valence-electron chi connectivity index (χ2n) is 13.3. The van der Waals surface area contributed by atoms with Crippen molar-refractivity contribution in [1.82, 2.24) is 0 Å². The predicted octanol–water partition coefficient (Wildman–Crippen LogP) is 4.85. The topological polar surface area (TPSA) is 76.0 Å². The molecule has 4 fully saturated rings. The molecule has 0 amide bonds. The Morgan fingerprint density at radius 3 is 2.55 bits per heavy atom. The summed E-state index contributed by atoms with van der Waals surface area (Å²) in [6.45, 7) is 13.5. The molecular formula is C28H44O5. The third-order valence-electron chi connectivity index (χ3n) is 11.5. The molecule has 10 atom stereocenters. The molecule has 5 nitrogen and oxygen atoms in total. The summed E-state index contributed by atoms with van der Waals surface area (Å²) < 4.78 is 11.7. The van der Waals surface area contributed by atoms with Gasteiger partial charge in [-0.3, -0.25) is 4.79 Å². The van der Waals surface area contributed by atoms with E-state index in [0.29, 0.717) is 24.9 Å². The summed E-state index contributed by atoms with van der Waals surface area (Å²) in [6, 6.07) is 0. The highest BCUT2D eigenvalue weighted by atomic mass is 16.6. The highest BCUT2D eigenvalue weighted by Crippen LogP contribution is 2.73. The van der Waals surface area contributed by atoms with Crippen molar-refractivity contribution < 1.29 is 24.5 Å². The van der Waals surface area contributed by atoms with Gasteiger partial charge in [-0.1, -0.05) is 40.2 Å². The van der Waals surface area contributed by atoms with Gasteiger partial charge in [-0.05, 0) is 79.6 Å². The average Bonchev–Trinajstić information content (AvgIpc) is 3.02. The van der Waals surface area contributed by atoms with Gasteiger partial charge < -0.3 is 19.7 Å². The third-order valence-corrected chi connectivity index (χ3v) is 11.5. The van der Waals surface area contributed by atoms with Gasteiger partial charge in [0.15, 0.2) is 6.29 Å². The lowest BCUT2D eigenvalue weighted by atomic mass is 9.34. The van der Waals surface area contributed by atoms with Crippen LogP contribution >= 0.6 is 0 Å². The molecule has 1 heterocycles. The Balaban J connectivity index is 1.60. The van der Waals surface area contributed by atoms with Gasteiger partial charge in [0.05, 0.1) is 18.8 Å². The molecule has 1 saturated heterocycles. The molecular weight excluding hydrogens is 416 g/mol. The van der Waals surface area contributed by atoms with E-state index in [0.717, 1.165) is 32.1 Å². The standard InChI is InChI=1S/C28H44O5/c1-16-18-8-9-20-26(5)13-10-19-25(3,4)11-7-12-28(19,15-32-17(2)29)21(26)14-22(30)27(20,6)23(18)24(31)33-16/h8,16,19-24,30-31H,7,9-15H2,1-6H3/t16-,19?,20?,21?,22+,23+,24+,26-,27+,28+/m0/s1. The Labute approximate surface area is 199 Å². The molecule has 2 N–H and O–H groups in total. The number of fused-ring (bicyclic) bond motifs is 7. The number of rotatable bonds is 2. The van der Waals surface area contributed by atoms with E-state index in [-0.39, 0.29) is 40.2 Å². The fourth-order valence-corrected chi connectivity index (χ4v) is 10.2. The Bertz CT molecular complexity index is 849. The first kappa shape index (κ1) is 23.8. The van der Waals surface area contributed by atoms with Crippen molar-refractivity contribution in [1.29, 1.82) is 0 Å². The normalized spacial score (nSPS) is 52.6. The highest BCUT2D eigenvalue weighted by Gasteiger charge is 2.70. The number of esters is 1. The number of aliphatic hydroxyl groups excluding tert-OH is 2. The van der Waals surface area contributed by atoms with E-state index in [1.165, 1.54) is 18.9 Å². The Morgan fingerprint density at radius 1 is 1.12 bits per heavy atom. The maximum atomic E-state index is 12.0. The molecule has 186 valence electrons. The number of hydrogen-bond acceptors (Lipinski definition) is 5. The third kappa shape index (κ3) is 3.10. The lowest BCUT2D eigenvalue weighted by Crippen LogP contribution is -2.68. The van der Waals surface area contributed by atoms with E-state index in [1.54, 1.807) is 0 Å². The van der Waals surface area contributed by atoms with Crippen LogP contribution in [0.3, 0.4) is 0 Å². The number of carbonyl (C=O) groups excluding carboxylic acids is 1. The lowest BCUT2D eigenvalue weighted by Gasteiger charge is -2.70. The van der Waals surface area contributed by atoms with Crippen LogP contribution in [-0.2, 0) is 14.3 Å². The van der Waals surface area contributed by atoms with Crippen LogP contribution in [0, 0.1) is 45.3 Å². The van der Waals surface area contributed by atoms with Crippen molar-refractivity contribution in [2.24, 2.45) is 45.3 Å². The zero-order valence-corrected chi connectivity index (χ0v) is 21.4. The van der Waals surface area contributed by atoms with Crippen LogP contribution < -0.4 is 0 Å². The van der Waals surface area contributed by atoms with Gasteiger partial charge >= 0.3 is 5.97 Å². The van der Waals surface area contributed by atoms with Crippen molar-refractivity contribution in [3.63, 3.8) is 0 Å². The molecule has 0 aromatic rings.